The van der Waals surface area contributed by atoms with E-state index < -0.39 is 0 Å². The van der Waals surface area contributed by atoms with Gasteiger partial charge in [-0.15, -0.1) is 11.3 Å². The van der Waals surface area contributed by atoms with E-state index in [1.165, 1.54) is 6.20 Å². The molecular weight excluding hydrogens is 294 g/mol. The van der Waals surface area contributed by atoms with Crippen LogP contribution in [0.15, 0.2) is 48.7 Å². The Morgan fingerprint density at radius 3 is 2.68 bits per heavy atom. The van der Waals surface area contributed by atoms with Gasteiger partial charge in [-0.3, -0.25) is 0 Å². The molecule has 0 N–H and O–H groups in total. The maximum Gasteiger partial charge on any atom is 0.213 e. The van der Waals surface area contributed by atoms with Crippen LogP contribution in [0.4, 0.5) is 0 Å². The number of thiazole rings is 1. The van der Waals surface area contributed by atoms with Crippen LogP contribution in [0.3, 0.4) is 0 Å². The SMILES string of the molecule is Cc1sc(-c2ccccc2)nc1COc1ccc(C#N)cn1. The molecule has 108 valence electrons. The fraction of sp³-hybridized carbons (Fsp3) is 0.118. The topological polar surface area (TPSA) is 58.8 Å². The van der Waals surface area contributed by atoms with Crippen LogP contribution >= 0.6 is 11.3 Å². The standard InChI is InChI=1S/C17H13N3OS/c1-12-15(11-21-16-8-7-13(9-18)10-19-16)20-17(22-12)14-5-3-2-4-6-14/h2-8,10H,11H2,1H3. The Hall–Kier alpha value is -2.71. The number of nitriles is 1. The van der Waals surface area contributed by atoms with Gasteiger partial charge in [0.05, 0.1) is 11.3 Å². The third kappa shape index (κ3) is 3.13. The van der Waals surface area contributed by atoms with Gasteiger partial charge in [0.1, 0.15) is 17.7 Å². The minimum absolute atomic E-state index is 0.369. The molecule has 0 saturated heterocycles. The van der Waals surface area contributed by atoms with E-state index in [9.17, 15) is 0 Å². The van der Waals surface area contributed by atoms with E-state index in [1.54, 1.807) is 23.5 Å². The third-order valence-electron chi connectivity index (χ3n) is 3.14. The lowest BCUT2D eigenvalue weighted by atomic mass is 10.2. The van der Waals surface area contributed by atoms with E-state index >= 15 is 0 Å². The van der Waals surface area contributed by atoms with Crippen LogP contribution in [-0.4, -0.2) is 9.97 Å². The van der Waals surface area contributed by atoms with Crippen LogP contribution in [-0.2, 0) is 6.61 Å². The number of hydrogen-bond acceptors (Lipinski definition) is 5. The van der Waals surface area contributed by atoms with E-state index in [-0.39, 0.29) is 0 Å². The zero-order chi connectivity index (χ0) is 15.4. The summed E-state index contributed by atoms with van der Waals surface area (Å²) in [7, 11) is 0. The van der Waals surface area contributed by atoms with Crippen molar-refractivity contribution in [3.05, 3.63) is 64.8 Å². The molecule has 0 aliphatic rings. The number of aryl methyl sites for hydroxylation is 1. The Kier molecular flexibility index (Phi) is 4.12. The lowest BCUT2D eigenvalue weighted by molar-refractivity contribution is 0.289. The molecule has 3 rings (SSSR count). The average Bonchev–Trinajstić information content (AvgIpc) is 2.95. The van der Waals surface area contributed by atoms with E-state index in [0.29, 0.717) is 18.1 Å². The van der Waals surface area contributed by atoms with E-state index in [2.05, 4.69) is 9.97 Å². The molecule has 2 aromatic heterocycles. The average molecular weight is 307 g/mol. The van der Waals surface area contributed by atoms with Gasteiger partial charge in [0.15, 0.2) is 0 Å². The minimum Gasteiger partial charge on any atom is -0.471 e. The van der Waals surface area contributed by atoms with Crippen molar-refractivity contribution >= 4 is 11.3 Å². The first-order valence-electron chi connectivity index (χ1n) is 6.77. The Morgan fingerprint density at radius 1 is 1.18 bits per heavy atom. The normalized spacial score (nSPS) is 10.2. The first-order valence-corrected chi connectivity index (χ1v) is 7.58. The zero-order valence-electron chi connectivity index (χ0n) is 12.0. The minimum atomic E-state index is 0.369. The number of ether oxygens (including phenoxy) is 1. The summed E-state index contributed by atoms with van der Waals surface area (Å²) in [4.78, 5) is 9.86. The van der Waals surface area contributed by atoms with E-state index in [0.717, 1.165) is 21.1 Å². The summed E-state index contributed by atoms with van der Waals surface area (Å²) >= 11 is 1.65. The Labute approximate surface area is 132 Å². The molecule has 0 fully saturated rings. The van der Waals surface area contributed by atoms with Crippen LogP contribution < -0.4 is 4.74 Å². The molecule has 0 amide bonds. The molecule has 3 aromatic rings. The van der Waals surface area contributed by atoms with Crippen LogP contribution in [0.5, 0.6) is 5.88 Å². The monoisotopic (exact) mass is 307 g/mol. The molecule has 2 heterocycles. The fourth-order valence-corrected chi connectivity index (χ4v) is 2.86. The second kappa shape index (κ2) is 6.37. The van der Waals surface area contributed by atoms with Crippen molar-refractivity contribution < 1.29 is 4.74 Å². The highest BCUT2D eigenvalue weighted by molar-refractivity contribution is 7.15. The molecule has 5 heteroatoms. The van der Waals surface area contributed by atoms with Crippen molar-refractivity contribution in [3.8, 4) is 22.5 Å². The summed E-state index contributed by atoms with van der Waals surface area (Å²) < 4.78 is 5.65. The van der Waals surface area contributed by atoms with Gasteiger partial charge in [0.2, 0.25) is 5.88 Å². The summed E-state index contributed by atoms with van der Waals surface area (Å²) in [5.41, 5.74) is 2.54. The molecule has 0 aliphatic carbocycles. The lowest BCUT2D eigenvalue weighted by Gasteiger charge is -2.03. The number of rotatable bonds is 4. The predicted octanol–water partition coefficient (Wildman–Crippen LogP) is 3.96. The van der Waals surface area contributed by atoms with Gasteiger partial charge < -0.3 is 4.74 Å². The molecule has 0 radical (unpaired) electrons. The summed E-state index contributed by atoms with van der Waals surface area (Å²) in [6.45, 7) is 2.41. The summed E-state index contributed by atoms with van der Waals surface area (Å²) in [6, 6.07) is 15.5. The third-order valence-corrected chi connectivity index (χ3v) is 4.20. The molecule has 0 atom stereocenters. The molecule has 0 unspecified atom stereocenters. The highest BCUT2D eigenvalue weighted by Crippen LogP contribution is 2.27. The van der Waals surface area contributed by atoms with Gasteiger partial charge in [-0.25, -0.2) is 9.97 Å². The van der Waals surface area contributed by atoms with Crippen LogP contribution in [0, 0.1) is 18.3 Å². The number of nitrogens with zero attached hydrogens (tertiary/aromatic N) is 3. The predicted molar refractivity (Wildman–Crippen MR) is 85.6 cm³/mol. The fourth-order valence-electron chi connectivity index (χ4n) is 1.94. The number of hydrogen-bond donors (Lipinski definition) is 0. The van der Waals surface area contributed by atoms with Crippen molar-refractivity contribution in [2.45, 2.75) is 13.5 Å². The Balaban J connectivity index is 1.73. The highest BCUT2D eigenvalue weighted by atomic mass is 32.1. The summed E-state index contributed by atoms with van der Waals surface area (Å²) in [6.07, 6.45) is 1.50. The van der Waals surface area contributed by atoms with Gasteiger partial charge in [-0.2, -0.15) is 5.26 Å². The maximum absolute atomic E-state index is 8.74. The first-order chi connectivity index (χ1) is 10.8. The molecule has 0 aliphatic heterocycles. The summed E-state index contributed by atoms with van der Waals surface area (Å²) in [5.74, 6) is 0.493. The van der Waals surface area contributed by atoms with Gasteiger partial charge >= 0.3 is 0 Å². The quantitative estimate of drug-likeness (QED) is 0.732. The van der Waals surface area contributed by atoms with Gasteiger partial charge in [-0.1, -0.05) is 30.3 Å². The molecular formula is C17H13N3OS. The number of benzene rings is 1. The second-order valence-electron chi connectivity index (χ2n) is 4.67. The lowest BCUT2D eigenvalue weighted by Crippen LogP contribution is -1.99. The van der Waals surface area contributed by atoms with Crippen molar-refractivity contribution in [1.29, 1.82) is 5.26 Å². The first kappa shape index (κ1) is 14.2. The van der Waals surface area contributed by atoms with Crippen LogP contribution in [0.2, 0.25) is 0 Å². The molecule has 0 spiro atoms. The van der Waals surface area contributed by atoms with Crippen LogP contribution in [0.1, 0.15) is 16.1 Å². The molecule has 4 nitrogen and oxygen atoms in total. The molecule has 0 saturated carbocycles. The van der Waals surface area contributed by atoms with Gasteiger partial charge in [0, 0.05) is 22.7 Å². The smallest absolute Gasteiger partial charge is 0.213 e. The summed E-state index contributed by atoms with van der Waals surface area (Å²) in [5, 5.41) is 9.73. The van der Waals surface area contributed by atoms with Crippen molar-refractivity contribution in [2.75, 3.05) is 0 Å². The van der Waals surface area contributed by atoms with Gasteiger partial charge in [-0.05, 0) is 13.0 Å². The van der Waals surface area contributed by atoms with Crippen LogP contribution in [0.25, 0.3) is 10.6 Å². The highest BCUT2D eigenvalue weighted by Gasteiger charge is 2.10. The zero-order valence-corrected chi connectivity index (χ0v) is 12.8. The second-order valence-corrected chi connectivity index (χ2v) is 5.88. The van der Waals surface area contributed by atoms with Crippen molar-refractivity contribution in [2.24, 2.45) is 0 Å². The molecule has 0 bridgehead atoms. The number of aromatic nitrogens is 2. The largest absolute Gasteiger partial charge is 0.471 e. The van der Waals surface area contributed by atoms with Crippen molar-refractivity contribution in [1.82, 2.24) is 9.97 Å². The molecule has 22 heavy (non-hydrogen) atoms. The Bertz CT molecular complexity index is 804. The Morgan fingerprint density at radius 2 is 2.00 bits per heavy atom. The van der Waals surface area contributed by atoms with Gasteiger partial charge in [0.25, 0.3) is 0 Å². The molecule has 1 aromatic carbocycles. The maximum atomic E-state index is 8.74. The van der Waals surface area contributed by atoms with Crippen molar-refractivity contribution in [3.63, 3.8) is 0 Å². The number of pyridine rings is 1. The van der Waals surface area contributed by atoms with E-state index in [4.69, 9.17) is 10.00 Å². The van der Waals surface area contributed by atoms with E-state index in [1.807, 2.05) is 43.3 Å².